The average Bonchev–Trinajstić information content (AvgIpc) is 0.846. The Morgan fingerprint density at radius 2 is 0.713 bits per heavy atom. The van der Waals surface area contributed by atoms with E-state index >= 15 is 0 Å². The van der Waals surface area contributed by atoms with Gasteiger partial charge in [-0.3, -0.25) is 14.4 Å². The van der Waals surface area contributed by atoms with Gasteiger partial charge in [-0.1, -0.05) is 73.7 Å². The van der Waals surface area contributed by atoms with E-state index in [1.54, 1.807) is 44.1 Å². The quantitative estimate of drug-likeness (QED) is 0.0600. The smallest absolute Gasteiger partial charge is 0.200 e. The number of phenols is 8. The number of rotatable bonds is 4. The molecule has 1 unspecified atom stereocenters. The summed E-state index contributed by atoms with van der Waals surface area (Å²) in [5.41, 5.74) is 13.9. The molecular weight excluding hydrogens is 2040 g/mol. The van der Waals surface area contributed by atoms with E-state index in [2.05, 4.69) is 132 Å². The highest BCUT2D eigenvalue weighted by molar-refractivity contribution is 14.1. The van der Waals surface area contributed by atoms with Gasteiger partial charge in [-0.2, -0.15) is 0 Å². The number of methoxy groups -OCH3 is 2. The first-order valence-corrected chi connectivity index (χ1v) is 44.8. The summed E-state index contributed by atoms with van der Waals surface area (Å²) in [6, 6.07) is 54.0. The summed E-state index contributed by atoms with van der Waals surface area (Å²) < 4.78 is 48.2. The third kappa shape index (κ3) is 16.9. The zero-order valence-corrected chi connectivity index (χ0v) is 76.6. The van der Waals surface area contributed by atoms with Crippen LogP contribution in [0.1, 0.15) is 133 Å². The maximum Gasteiger partial charge on any atom is 0.200 e. The molecule has 3 aromatic heterocycles. The van der Waals surface area contributed by atoms with Crippen molar-refractivity contribution in [3.63, 3.8) is 0 Å². The molecule has 3 aliphatic carbocycles. The molecule has 122 heavy (non-hydrogen) atoms. The molecule has 1 atom stereocenters. The molecule has 6 heterocycles. The molecule has 15 aromatic rings. The summed E-state index contributed by atoms with van der Waals surface area (Å²) in [6.07, 6.45) is 15.4. The van der Waals surface area contributed by atoms with E-state index < -0.39 is 0 Å². The minimum absolute atomic E-state index is 0.0279. The van der Waals surface area contributed by atoms with Crippen molar-refractivity contribution in [2.24, 2.45) is 11.8 Å². The molecular formula is C97H78Br4I2O19. The van der Waals surface area contributed by atoms with Gasteiger partial charge in [0.15, 0.2) is 22.3 Å². The lowest BCUT2D eigenvalue weighted by atomic mass is 9.77. The zero-order valence-electron chi connectivity index (χ0n) is 66.0. The predicted octanol–water partition coefficient (Wildman–Crippen LogP) is 26.8. The Bertz CT molecular complexity index is 6680. The van der Waals surface area contributed by atoms with Crippen LogP contribution in [0.2, 0.25) is 0 Å². The number of allylic oxidation sites excluding steroid dienone is 1. The summed E-state index contributed by atoms with van der Waals surface area (Å²) in [5, 5.41) is 79.5. The Labute approximate surface area is 759 Å². The van der Waals surface area contributed by atoms with Crippen LogP contribution >= 0.6 is 109 Å². The fourth-order valence-electron chi connectivity index (χ4n) is 17.1. The summed E-state index contributed by atoms with van der Waals surface area (Å²) in [6.45, 7) is 4.22. The van der Waals surface area contributed by atoms with Gasteiger partial charge in [0, 0.05) is 81.6 Å². The molecule has 19 nitrogen and oxygen atoms in total. The molecule has 0 radical (unpaired) electrons. The molecule has 12 aromatic carbocycles. The number of benzene rings is 12. The lowest BCUT2D eigenvalue weighted by molar-refractivity contribution is 0.386. The highest BCUT2D eigenvalue weighted by Gasteiger charge is 2.38. The summed E-state index contributed by atoms with van der Waals surface area (Å²) >= 11 is 16.6. The standard InChI is InChI=1S/C20H22O2.C20H20O2.C18H18O3.C13H4Br4O4.C13H6I2O4.C13H8O4/c2*1-13-7-9-16-18(11-13)22-19-12-15(21-2)8-10-17(19)20(16)14-5-3-4-6-14;19-12-5-7-14-16(9-12)21-17-10-13(20)6-8-15(17)18(14)11-3-1-2-4-11;14-5-1-3-9(18)4-2-6(15)11(20)8(17)13(4)21-12(3)7(16)10(5)19;14-9-7(16)3-1-5-11(18)6-2-4-8(17)10(15)13(6)19-12(5)9;14-7-1-3-9-11(5-7)17-12-6-8(15)2-4-10(12)13(9)16/h7-12,14,20H,3-6H2,1-2H3;7-12H,3-6H2,1-2H3;5-11,18-20H,1-4H2;1-2,19-20H;1-4,16-17H;1-6,14-15H. The van der Waals surface area contributed by atoms with Gasteiger partial charge in [-0.15, -0.1) is 0 Å². The predicted molar refractivity (Wildman–Crippen MR) is 503 cm³/mol. The van der Waals surface area contributed by atoms with E-state index in [-0.39, 0.29) is 82.4 Å². The van der Waals surface area contributed by atoms with Crippen LogP contribution in [0.4, 0.5) is 0 Å². The van der Waals surface area contributed by atoms with Crippen LogP contribution in [-0.4, -0.2) is 55.1 Å². The molecule has 0 saturated heterocycles. The van der Waals surface area contributed by atoms with Crippen LogP contribution in [0.15, 0.2) is 233 Å². The molecule has 0 spiro atoms. The van der Waals surface area contributed by atoms with Gasteiger partial charge in [0.1, 0.15) is 112 Å². The van der Waals surface area contributed by atoms with Gasteiger partial charge in [0.05, 0.1) is 62.6 Å². The molecule has 8 N–H and O–H groups in total. The van der Waals surface area contributed by atoms with Crippen LogP contribution < -0.4 is 40.0 Å². The lowest BCUT2D eigenvalue weighted by Crippen LogP contribution is -2.17. The molecule has 6 aliphatic rings. The number of hydrogen-bond donors (Lipinski definition) is 8. The van der Waals surface area contributed by atoms with E-state index in [1.165, 1.54) is 189 Å². The van der Waals surface area contributed by atoms with Crippen molar-refractivity contribution in [2.45, 2.75) is 103 Å². The largest absolute Gasteiger partial charge is 0.508 e. The number of halogens is 6. The monoisotopic (exact) mass is 2120 g/mol. The van der Waals surface area contributed by atoms with Gasteiger partial charge in [0.2, 0.25) is 16.3 Å². The molecule has 21 rings (SSSR count). The summed E-state index contributed by atoms with van der Waals surface area (Å²) in [5.74, 6) is 9.57. The van der Waals surface area contributed by atoms with Gasteiger partial charge in [-0.25, -0.2) is 0 Å². The van der Waals surface area contributed by atoms with Crippen molar-refractivity contribution in [2.75, 3.05) is 14.2 Å². The number of aryl methyl sites for hydroxylation is 2. The van der Waals surface area contributed by atoms with E-state index in [0.717, 1.165) is 51.5 Å². The first-order valence-electron chi connectivity index (χ1n) is 39.5. The second kappa shape index (κ2) is 35.8. The Kier molecular flexibility index (Phi) is 25.0. The Morgan fingerprint density at radius 3 is 1.20 bits per heavy atom. The molecule has 3 saturated carbocycles. The second-order valence-corrected chi connectivity index (χ2v) is 36.2. The number of hydrogen-bond acceptors (Lipinski definition) is 19. The fraction of sp³-hybridized carbons (Fsp3) is 0.206. The van der Waals surface area contributed by atoms with E-state index in [4.69, 9.17) is 36.9 Å². The molecule has 25 heteroatoms. The van der Waals surface area contributed by atoms with Crippen LogP contribution in [0.5, 0.6) is 92.0 Å². The summed E-state index contributed by atoms with van der Waals surface area (Å²) in [4.78, 5) is 37.1. The molecule has 3 fully saturated rings. The third-order valence-corrected chi connectivity index (χ3v) is 27.8. The Morgan fingerprint density at radius 1 is 0.361 bits per heavy atom. The van der Waals surface area contributed by atoms with E-state index in [9.17, 15) is 55.2 Å². The van der Waals surface area contributed by atoms with Crippen LogP contribution in [-0.2, 0) is 0 Å². The van der Waals surface area contributed by atoms with Crippen LogP contribution in [0.3, 0.4) is 0 Å². The fourth-order valence-corrected chi connectivity index (χ4v) is 20.7. The van der Waals surface area contributed by atoms with Crippen molar-refractivity contribution >= 4 is 180 Å². The van der Waals surface area contributed by atoms with Crippen molar-refractivity contribution in [3.05, 3.63) is 288 Å². The van der Waals surface area contributed by atoms with Crippen molar-refractivity contribution in [1.29, 1.82) is 0 Å². The van der Waals surface area contributed by atoms with Gasteiger partial charge < -0.3 is 77.8 Å². The van der Waals surface area contributed by atoms with Gasteiger partial charge in [-0.05, 0) is 306 Å². The van der Waals surface area contributed by atoms with E-state index in [1.807, 2.05) is 75.5 Å². The topological polar surface area (TPSA) is 299 Å². The van der Waals surface area contributed by atoms with Crippen LogP contribution in [0.25, 0.3) is 71.4 Å². The van der Waals surface area contributed by atoms with Gasteiger partial charge >= 0.3 is 0 Å². The normalized spacial score (nSPS) is 14.9. The second-order valence-electron chi connectivity index (χ2n) is 30.8. The first-order chi connectivity index (χ1) is 58.7. The van der Waals surface area contributed by atoms with Crippen molar-refractivity contribution in [3.8, 4) is 92.0 Å². The van der Waals surface area contributed by atoms with Gasteiger partial charge in [0.25, 0.3) is 0 Å². The maximum absolute atomic E-state index is 12.6. The number of phenolic OH excluding ortho intramolecular Hbond substituents is 8. The average molecular weight is 2120 g/mol. The third-order valence-electron chi connectivity index (χ3n) is 23.0. The molecule has 622 valence electrons. The SMILES string of the molecule is COc1ccc2c(c1)Oc1cc(C)ccc1C2=C1CCCC1.COc1ccc2c(c1)Oc1cc(C)ccc1C2C1CCCC1.O=c1c2cc(Br)c(O)c(Br)c2oc2c(Br)c(O)c(Br)cc12.O=c1c2ccc(O)c(I)c2oc2c(I)c(O)ccc12.O=c1c2ccc(O)cc2oc2cc(O)ccc12.Oc1ccc2c(c1)Oc1cc(O)ccc1C2C1CCCC1. The Hall–Kier alpha value is -10.4. The Balaban J connectivity index is 0.000000109. The summed E-state index contributed by atoms with van der Waals surface area (Å²) in [7, 11) is 3.40. The lowest BCUT2D eigenvalue weighted by Gasteiger charge is -2.32. The minimum Gasteiger partial charge on any atom is -0.508 e. The highest BCUT2D eigenvalue weighted by atomic mass is 127. The molecule has 0 amide bonds. The molecule has 0 bridgehead atoms. The zero-order chi connectivity index (χ0) is 85.8. The first kappa shape index (κ1) is 85.1. The maximum atomic E-state index is 12.6. The van der Waals surface area contributed by atoms with E-state index in [0.29, 0.717) is 100.0 Å². The van der Waals surface area contributed by atoms with Crippen LogP contribution in [0, 0.1) is 32.8 Å². The number of aromatic hydroxyl groups is 8. The molecule has 3 aliphatic heterocycles. The highest BCUT2D eigenvalue weighted by Crippen LogP contribution is 2.56. The number of fused-ring (bicyclic) bond motifs is 12. The minimum atomic E-state index is -0.269. The van der Waals surface area contributed by atoms with Crippen molar-refractivity contribution in [1.82, 2.24) is 0 Å². The van der Waals surface area contributed by atoms with Crippen molar-refractivity contribution < 1.29 is 77.8 Å². The number of ether oxygens (including phenoxy) is 5.